The van der Waals surface area contributed by atoms with Gasteiger partial charge in [-0.15, -0.1) is 0 Å². The van der Waals surface area contributed by atoms with Gasteiger partial charge in [-0.3, -0.25) is 9.79 Å². The van der Waals surface area contributed by atoms with Crippen LogP contribution in [0.3, 0.4) is 0 Å². The number of amides is 1. The van der Waals surface area contributed by atoms with Gasteiger partial charge in [-0.1, -0.05) is 12.1 Å². The van der Waals surface area contributed by atoms with Crippen LogP contribution in [0, 0.1) is 0 Å². The van der Waals surface area contributed by atoms with Gasteiger partial charge in [0.1, 0.15) is 5.75 Å². The number of carbonyl (C=O) groups excluding carboxylic acids is 1. The summed E-state index contributed by atoms with van der Waals surface area (Å²) in [6.07, 6.45) is 0. The zero-order valence-corrected chi connectivity index (χ0v) is 16.3. The third kappa shape index (κ3) is 6.39. The number of carbonyl (C=O) groups is 1. The molecule has 0 aliphatic carbocycles. The maximum absolute atomic E-state index is 10.8. The molecule has 8 nitrogen and oxygen atoms in total. The maximum Gasteiger partial charge on any atom is 0.255 e. The first-order valence-electron chi connectivity index (χ1n) is 8.84. The SMILES string of the molecule is CCOc1ccc(NC(=NC)NCc2cccc(OCC(N)=O)c2)cc1OC. The van der Waals surface area contributed by atoms with Crippen molar-refractivity contribution in [3.8, 4) is 17.2 Å². The number of rotatable bonds is 9. The number of nitrogens with two attached hydrogens (primary N) is 1. The predicted octanol–water partition coefficient (Wildman–Crippen LogP) is 2.15. The molecule has 4 N–H and O–H groups in total. The molecule has 0 bridgehead atoms. The van der Waals surface area contributed by atoms with Crippen molar-refractivity contribution < 1.29 is 19.0 Å². The number of guanidine groups is 1. The Labute approximate surface area is 164 Å². The Kier molecular flexibility index (Phi) is 7.95. The molecular formula is C20H26N4O4. The Bertz CT molecular complexity index is 824. The van der Waals surface area contributed by atoms with Crippen molar-refractivity contribution in [3.05, 3.63) is 48.0 Å². The minimum Gasteiger partial charge on any atom is -0.493 e. The summed E-state index contributed by atoms with van der Waals surface area (Å²) >= 11 is 0. The van der Waals surface area contributed by atoms with Crippen LogP contribution >= 0.6 is 0 Å². The van der Waals surface area contributed by atoms with Crippen LogP contribution in [0.1, 0.15) is 12.5 Å². The Morgan fingerprint density at radius 3 is 2.64 bits per heavy atom. The van der Waals surface area contributed by atoms with Crippen LogP contribution in [0.2, 0.25) is 0 Å². The minimum absolute atomic E-state index is 0.153. The van der Waals surface area contributed by atoms with E-state index in [9.17, 15) is 4.79 Å². The number of anilines is 1. The van der Waals surface area contributed by atoms with E-state index in [1.165, 1.54) is 0 Å². The lowest BCUT2D eigenvalue weighted by molar-refractivity contribution is -0.119. The minimum atomic E-state index is -0.515. The summed E-state index contributed by atoms with van der Waals surface area (Å²) < 4.78 is 16.2. The molecule has 150 valence electrons. The van der Waals surface area contributed by atoms with Crippen molar-refractivity contribution >= 4 is 17.6 Å². The fourth-order valence-corrected chi connectivity index (χ4v) is 2.42. The van der Waals surface area contributed by atoms with Crippen molar-refractivity contribution in [2.45, 2.75) is 13.5 Å². The monoisotopic (exact) mass is 386 g/mol. The lowest BCUT2D eigenvalue weighted by Crippen LogP contribution is -2.30. The lowest BCUT2D eigenvalue weighted by Gasteiger charge is -2.15. The van der Waals surface area contributed by atoms with Crippen molar-refractivity contribution in [3.63, 3.8) is 0 Å². The van der Waals surface area contributed by atoms with Crippen molar-refractivity contribution in [2.75, 3.05) is 32.7 Å². The van der Waals surface area contributed by atoms with Gasteiger partial charge in [0, 0.05) is 25.3 Å². The third-order valence-corrected chi connectivity index (χ3v) is 3.69. The second-order valence-electron chi connectivity index (χ2n) is 5.75. The van der Waals surface area contributed by atoms with Gasteiger partial charge in [0.15, 0.2) is 24.1 Å². The summed E-state index contributed by atoms with van der Waals surface area (Å²) in [5.41, 5.74) is 6.88. The van der Waals surface area contributed by atoms with E-state index in [1.807, 2.05) is 43.3 Å². The summed E-state index contributed by atoms with van der Waals surface area (Å²) in [7, 11) is 3.29. The van der Waals surface area contributed by atoms with Crippen LogP contribution < -0.4 is 30.6 Å². The number of methoxy groups -OCH3 is 1. The average molecular weight is 386 g/mol. The Hall–Kier alpha value is -3.42. The molecule has 0 spiro atoms. The van der Waals surface area contributed by atoms with Gasteiger partial charge >= 0.3 is 0 Å². The maximum atomic E-state index is 10.8. The quantitative estimate of drug-likeness (QED) is 0.450. The van der Waals surface area contributed by atoms with Gasteiger partial charge in [0.25, 0.3) is 5.91 Å². The van der Waals surface area contributed by atoms with E-state index in [2.05, 4.69) is 15.6 Å². The number of aliphatic imine (C=N–C) groups is 1. The Morgan fingerprint density at radius 2 is 1.96 bits per heavy atom. The molecule has 0 radical (unpaired) electrons. The second-order valence-corrected chi connectivity index (χ2v) is 5.75. The standard InChI is InChI=1S/C20H26N4O4/c1-4-27-17-9-8-15(11-18(17)26-3)24-20(22-2)23-12-14-6-5-7-16(10-14)28-13-19(21)25/h5-11H,4,12-13H2,1-3H3,(H2,21,25)(H2,22,23,24). The largest absolute Gasteiger partial charge is 0.493 e. The van der Waals surface area contributed by atoms with Crippen molar-refractivity contribution in [1.82, 2.24) is 5.32 Å². The van der Waals surface area contributed by atoms with Gasteiger partial charge in [-0.05, 0) is 36.8 Å². The molecule has 0 aromatic heterocycles. The molecule has 28 heavy (non-hydrogen) atoms. The topological polar surface area (TPSA) is 107 Å². The number of hydrogen-bond acceptors (Lipinski definition) is 5. The van der Waals surface area contributed by atoms with Crippen molar-refractivity contribution in [1.29, 1.82) is 0 Å². The number of benzene rings is 2. The van der Waals surface area contributed by atoms with E-state index in [4.69, 9.17) is 19.9 Å². The molecular weight excluding hydrogens is 360 g/mol. The van der Waals surface area contributed by atoms with Gasteiger partial charge in [-0.25, -0.2) is 0 Å². The first-order valence-corrected chi connectivity index (χ1v) is 8.84. The van der Waals surface area contributed by atoms with Crippen LogP contribution in [0.15, 0.2) is 47.5 Å². The molecule has 2 rings (SSSR count). The zero-order chi connectivity index (χ0) is 20.4. The van der Waals surface area contributed by atoms with E-state index in [0.717, 1.165) is 11.3 Å². The summed E-state index contributed by atoms with van der Waals surface area (Å²) in [5, 5.41) is 6.43. The van der Waals surface area contributed by atoms with Gasteiger partial charge < -0.3 is 30.6 Å². The zero-order valence-electron chi connectivity index (χ0n) is 16.3. The van der Waals surface area contributed by atoms with Crippen LogP contribution in [0.4, 0.5) is 5.69 Å². The molecule has 8 heteroatoms. The molecule has 0 fully saturated rings. The highest BCUT2D eigenvalue weighted by molar-refractivity contribution is 5.93. The summed E-state index contributed by atoms with van der Waals surface area (Å²) in [6.45, 7) is 2.85. The fraction of sp³-hybridized carbons (Fsp3) is 0.300. The smallest absolute Gasteiger partial charge is 0.255 e. The van der Waals surface area contributed by atoms with Crippen LogP contribution in [-0.2, 0) is 11.3 Å². The molecule has 0 heterocycles. The van der Waals surface area contributed by atoms with E-state index < -0.39 is 5.91 Å². The molecule has 0 saturated heterocycles. The average Bonchev–Trinajstić information content (AvgIpc) is 2.71. The van der Waals surface area contributed by atoms with E-state index in [0.29, 0.717) is 36.4 Å². The van der Waals surface area contributed by atoms with E-state index in [-0.39, 0.29) is 6.61 Å². The third-order valence-electron chi connectivity index (χ3n) is 3.69. The Balaban J connectivity index is 1.98. The van der Waals surface area contributed by atoms with Crippen LogP contribution in [-0.4, -0.2) is 39.2 Å². The highest BCUT2D eigenvalue weighted by atomic mass is 16.5. The highest BCUT2D eigenvalue weighted by Gasteiger charge is 2.07. The van der Waals surface area contributed by atoms with E-state index in [1.54, 1.807) is 20.2 Å². The molecule has 2 aromatic rings. The summed E-state index contributed by atoms with van der Waals surface area (Å²) in [6, 6.07) is 13.0. The summed E-state index contributed by atoms with van der Waals surface area (Å²) in [5.74, 6) is 1.98. The molecule has 1 amide bonds. The van der Waals surface area contributed by atoms with Gasteiger partial charge in [-0.2, -0.15) is 0 Å². The van der Waals surface area contributed by atoms with Gasteiger partial charge in [0.2, 0.25) is 0 Å². The highest BCUT2D eigenvalue weighted by Crippen LogP contribution is 2.30. The molecule has 2 aromatic carbocycles. The first kappa shape index (κ1) is 20.9. The van der Waals surface area contributed by atoms with Crippen LogP contribution in [0.5, 0.6) is 17.2 Å². The van der Waals surface area contributed by atoms with Crippen molar-refractivity contribution in [2.24, 2.45) is 10.7 Å². The second kappa shape index (κ2) is 10.7. The number of ether oxygens (including phenoxy) is 3. The fourth-order valence-electron chi connectivity index (χ4n) is 2.42. The molecule has 0 saturated carbocycles. The number of nitrogens with zero attached hydrogens (tertiary/aromatic N) is 1. The van der Waals surface area contributed by atoms with E-state index >= 15 is 0 Å². The van der Waals surface area contributed by atoms with Gasteiger partial charge in [0.05, 0.1) is 13.7 Å². The summed E-state index contributed by atoms with van der Waals surface area (Å²) in [4.78, 5) is 15.1. The molecule has 0 aliphatic rings. The Morgan fingerprint density at radius 1 is 1.14 bits per heavy atom. The first-order chi connectivity index (χ1) is 13.5. The number of nitrogens with one attached hydrogen (secondary N) is 2. The number of primary amides is 1. The normalized spacial score (nSPS) is 10.9. The number of hydrogen-bond donors (Lipinski definition) is 3. The predicted molar refractivity (Wildman–Crippen MR) is 109 cm³/mol. The molecule has 0 unspecified atom stereocenters. The molecule has 0 atom stereocenters. The lowest BCUT2D eigenvalue weighted by atomic mass is 10.2. The van der Waals surface area contributed by atoms with Crippen LogP contribution in [0.25, 0.3) is 0 Å². The molecule has 0 aliphatic heterocycles.